The first kappa shape index (κ1) is 13.5. The predicted molar refractivity (Wildman–Crippen MR) is 74.5 cm³/mol. The Balaban J connectivity index is 1.96. The number of rotatable bonds is 2. The molecule has 98 valence electrons. The molecule has 0 bridgehead atoms. The lowest BCUT2D eigenvalue weighted by atomic mass is 9.98. The first-order chi connectivity index (χ1) is 8.56. The third-order valence-electron chi connectivity index (χ3n) is 3.53. The summed E-state index contributed by atoms with van der Waals surface area (Å²) >= 11 is 3.28. The van der Waals surface area contributed by atoms with Gasteiger partial charge in [-0.3, -0.25) is 4.79 Å². The number of halogens is 1. The number of hydrogen-bond acceptors (Lipinski definition) is 3. The number of aromatic nitrogens is 1. The van der Waals surface area contributed by atoms with E-state index in [1.807, 2.05) is 0 Å². The van der Waals surface area contributed by atoms with Crippen molar-refractivity contribution in [3.63, 3.8) is 0 Å². The van der Waals surface area contributed by atoms with E-state index < -0.39 is 0 Å². The summed E-state index contributed by atoms with van der Waals surface area (Å²) in [7, 11) is 2.13. The highest BCUT2D eigenvalue weighted by molar-refractivity contribution is 9.10. The summed E-state index contributed by atoms with van der Waals surface area (Å²) in [5.74, 6) is -0.0140. The van der Waals surface area contributed by atoms with Crippen LogP contribution in [0.1, 0.15) is 30.1 Å². The van der Waals surface area contributed by atoms with Gasteiger partial charge < -0.3 is 10.2 Å². The fourth-order valence-electron chi connectivity index (χ4n) is 2.23. The second-order valence-electron chi connectivity index (χ2n) is 4.89. The standard InChI is InChI=1S/C13H18BrN3O/c1-9-7-11(4-6-17(9)2)16-13(18)10-3-5-15-12(14)8-10/h3,5,8-9,11H,4,6-7H2,1-2H3,(H,16,18). The highest BCUT2D eigenvalue weighted by atomic mass is 79.9. The summed E-state index contributed by atoms with van der Waals surface area (Å²) in [6.45, 7) is 3.23. The van der Waals surface area contributed by atoms with E-state index in [-0.39, 0.29) is 11.9 Å². The Bertz CT molecular complexity index is 438. The van der Waals surface area contributed by atoms with Gasteiger partial charge in [0.05, 0.1) is 0 Å². The average molecular weight is 312 g/mol. The maximum atomic E-state index is 12.1. The first-order valence-electron chi connectivity index (χ1n) is 6.19. The van der Waals surface area contributed by atoms with Crippen molar-refractivity contribution in [1.82, 2.24) is 15.2 Å². The number of pyridine rings is 1. The molecule has 2 rings (SSSR count). The van der Waals surface area contributed by atoms with Crippen LogP contribution >= 0.6 is 15.9 Å². The summed E-state index contributed by atoms with van der Waals surface area (Å²) in [6, 6.07) is 4.27. The number of likely N-dealkylation sites (tertiary alicyclic amines) is 1. The Labute approximate surface area is 116 Å². The fourth-order valence-corrected chi connectivity index (χ4v) is 2.60. The molecular formula is C13H18BrN3O. The molecule has 18 heavy (non-hydrogen) atoms. The van der Waals surface area contributed by atoms with E-state index >= 15 is 0 Å². The first-order valence-corrected chi connectivity index (χ1v) is 6.98. The molecule has 0 spiro atoms. The summed E-state index contributed by atoms with van der Waals surface area (Å²) < 4.78 is 0.687. The molecule has 0 aromatic carbocycles. The number of amides is 1. The Kier molecular flexibility index (Phi) is 4.35. The zero-order valence-electron chi connectivity index (χ0n) is 10.7. The Morgan fingerprint density at radius 2 is 2.39 bits per heavy atom. The van der Waals surface area contributed by atoms with Crippen LogP contribution in [0, 0.1) is 0 Å². The van der Waals surface area contributed by atoms with Gasteiger partial charge in [-0.25, -0.2) is 4.98 Å². The molecule has 1 aliphatic heterocycles. The second kappa shape index (κ2) is 5.80. The quantitative estimate of drug-likeness (QED) is 0.850. The van der Waals surface area contributed by atoms with Gasteiger partial charge in [0.15, 0.2) is 0 Å². The molecule has 2 unspecified atom stereocenters. The van der Waals surface area contributed by atoms with Crippen molar-refractivity contribution in [2.75, 3.05) is 13.6 Å². The normalized spacial score (nSPS) is 24.8. The molecule has 2 atom stereocenters. The van der Waals surface area contributed by atoms with Gasteiger partial charge in [0.25, 0.3) is 5.91 Å². The molecule has 1 aromatic rings. The van der Waals surface area contributed by atoms with E-state index in [9.17, 15) is 4.79 Å². The zero-order valence-corrected chi connectivity index (χ0v) is 12.3. The van der Waals surface area contributed by atoms with Crippen LogP contribution in [0.15, 0.2) is 22.9 Å². The Morgan fingerprint density at radius 1 is 1.61 bits per heavy atom. The smallest absolute Gasteiger partial charge is 0.251 e. The fraction of sp³-hybridized carbons (Fsp3) is 0.538. The van der Waals surface area contributed by atoms with Crippen LogP contribution in [0.3, 0.4) is 0 Å². The molecule has 0 saturated carbocycles. The van der Waals surface area contributed by atoms with Crippen LogP contribution in [-0.2, 0) is 0 Å². The molecule has 1 aliphatic rings. The minimum absolute atomic E-state index is 0.0140. The number of carbonyl (C=O) groups excluding carboxylic acids is 1. The lowest BCUT2D eigenvalue weighted by Gasteiger charge is -2.35. The van der Waals surface area contributed by atoms with Crippen LogP contribution in [0.5, 0.6) is 0 Å². The van der Waals surface area contributed by atoms with E-state index in [1.165, 1.54) is 0 Å². The highest BCUT2D eigenvalue weighted by Crippen LogP contribution is 2.16. The van der Waals surface area contributed by atoms with Crippen molar-refractivity contribution in [1.29, 1.82) is 0 Å². The predicted octanol–water partition coefficient (Wildman–Crippen LogP) is 2.06. The number of piperidine rings is 1. The summed E-state index contributed by atoms with van der Waals surface area (Å²) in [6.07, 6.45) is 3.66. The molecule has 2 heterocycles. The third kappa shape index (κ3) is 3.29. The van der Waals surface area contributed by atoms with E-state index in [0.29, 0.717) is 16.2 Å². The lowest BCUT2D eigenvalue weighted by Crippen LogP contribution is -2.47. The van der Waals surface area contributed by atoms with Gasteiger partial charge in [-0.05, 0) is 54.9 Å². The topological polar surface area (TPSA) is 45.2 Å². The summed E-state index contributed by atoms with van der Waals surface area (Å²) in [5, 5.41) is 3.10. The van der Waals surface area contributed by atoms with Gasteiger partial charge in [-0.1, -0.05) is 0 Å². The molecule has 1 saturated heterocycles. The molecule has 0 aliphatic carbocycles. The van der Waals surface area contributed by atoms with Crippen molar-refractivity contribution < 1.29 is 4.79 Å². The van der Waals surface area contributed by atoms with Crippen LogP contribution in [0.4, 0.5) is 0 Å². The Hall–Kier alpha value is -0.940. The molecule has 1 aromatic heterocycles. The molecule has 0 radical (unpaired) electrons. The summed E-state index contributed by atoms with van der Waals surface area (Å²) in [5.41, 5.74) is 0.656. The Morgan fingerprint density at radius 3 is 3.06 bits per heavy atom. The monoisotopic (exact) mass is 311 g/mol. The van der Waals surface area contributed by atoms with E-state index in [0.717, 1.165) is 19.4 Å². The average Bonchev–Trinajstić information content (AvgIpc) is 2.34. The van der Waals surface area contributed by atoms with Crippen molar-refractivity contribution in [2.24, 2.45) is 0 Å². The maximum Gasteiger partial charge on any atom is 0.251 e. The van der Waals surface area contributed by atoms with Gasteiger partial charge >= 0.3 is 0 Å². The van der Waals surface area contributed by atoms with Gasteiger partial charge in [0, 0.05) is 30.4 Å². The van der Waals surface area contributed by atoms with E-state index in [4.69, 9.17) is 0 Å². The summed E-state index contributed by atoms with van der Waals surface area (Å²) in [4.78, 5) is 18.4. The van der Waals surface area contributed by atoms with E-state index in [2.05, 4.69) is 45.1 Å². The molecule has 1 fully saturated rings. The minimum atomic E-state index is -0.0140. The van der Waals surface area contributed by atoms with Crippen LogP contribution in [0.25, 0.3) is 0 Å². The van der Waals surface area contributed by atoms with Gasteiger partial charge in [0.2, 0.25) is 0 Å². The highest BCUT2D eigenvalue weighted by Gasteiger charge is 2.24. The van der Waals surface area contributed by atoms with E-state index in [1.54, 1.807) is 18.3 Å². The number of hydrogen-bond donors (Lipinski definition) is 1. The van der Waals surface area contributed by atoms with Crippen molar-refractivity contribution in [2.45, 2.75) is 31.8 Å². The number of nitrogens with one attached hydrogen (secondary N) is 1. The molecule has 5 heteroatoms. The number of carbonyl (C=O) groups is 1. The molecule has 1 N–H and O–H groups in total. The van der Waals surface area contributed by atoms with Crippen LogP contribution in [-0.4, -0.2) is 41.5 Å². The van der Waals surface area contributed by atoms with Gasteiger partial charge in [-0.2, -0.15) is 0 Å². The van der Waals surface area contributed by atoms with Crippen molar-refractivity contribution in [3.05, 3.63) is 28.5 Å². The molecular weight excluding hydrogens is 294 g/mol. The van der Waals surface area contributed by atoms with Gasteiger partial charge in [-0.15, -0.1) is 0 Å². The van der Waals surface area contributed by atoms with Crippen molar-refractivity contribution >= 4 is 21.8 Å². The van der Waals surface area contributed by atoms with Crippen LogP contribution < -0.4 is 5.32 Å². The largest absolute Gasteiger partial charge is 0.349 e. The SMILES string of the molecule is CC1CC(NC(=O)c2ccnc(Br)c2)CCN1C. The minimum Gasteiger partial charge on any atom is -0.349 e. The second-order valence-corrected chi connectivity index (χ2v) is 5.70. The molecule has 4 nitrogen and oxygen atoms in total. The maximum absolute atomic E-state index is 12.1. The third-order valence-corrected chi connectivity index (χ3v) is 3.97. The number of nitrogens with zero attached hydrogens (tertiary/aromatic N) is 2. The zero-order chi connectivity index (χ0) is 13.1. The van der Waals surface area contributed by atoms with Crippen LogP contribution in [0.2, 0.25) is 0 Å². The van der Waals surface area contributed by atoms with Gasteiger partial charge in [0.1, 0.15) is 4.60 Å². The van der Waals surface area contributed by atoms with Crippen molar-refractivity contribution in [3.8, 4) is 0 Å². The molecule has 1 amide bonds. The lowest BCUT2D eigenvalue weighted by molar-refractivity contribution is 0.0896.